The van der Waals surface area contributed by atoms with Crippen LogP contribution in [0, 0.1) is 0 Å². The maximum absolute atomic E-state index is 12.0. The van der Waals surface area contributed by atoms with E-state index in [1.165, 1.54) is 32.4 Å². The molecule has 110 valence electrons. The standard InChI is InChI=1S/C13H16ClNO5/c1-19-6-5-10(13(17)18)15-12(16)8-3-4-9(14)11(7-8)20-2/h3-4,7,10H,5-6H2,1-2H3,(H,15,16)(H,17,18). The Morgan fingerprint density at radius 3 is 2.65 bits per heavy atom. The summed E-state index contributed by atoms with van der Waals surface area (Å²) in [5.74, 6) is -1.28. The molecule has 1 rings (SSSR count). The number of carbonyl (C=O) groups is 2. The predicted molar refractivity (Wildman–Crippen MR) is 73.4 cm³/mol. The fraction of sp³-hybridized carbons (Fsp3) is 0.385. The maximum Gasteiger partial charge on any atom is 0.326 e. The van der Waals surface area contributed by atoms with Gasteiger partial charge in [-0.25, -0.2) is 4.79 Å². The van der Waals surface area contributed by atoms with Gasteiger partial charge in [0.15, 0.2) is 0 Å². The molecule has 0 aliphatic rings. The van der Waals surface area contributed by atoms with Crippen LogP contribution in [-0.4, -0.2) is 43.9 Å². The van der Waals surface area contributed by atoms with Crippen molar-refractivity contribution in [3.63, 3.8) is 0 Å². The van der Waals surface area contributed by atoms with Gasteiger partial charge < -0.3 is 19.9 Å². The summed E-state index contributed by atoms with van der Waals surface area (Å²) in [5, 5.41) is 11.8. The molecule has 0 saturated heterocycles. The largest absolute Gasteiger partial charge is 0.495 e. The summed E-state index contributed by atoms with van der Waals surface area (Å²) in [6.45, 7) is 0.237. The van der Waals surface area contributed by atoms with Crippen molar-refractivity contribution in [2.45, 2.75) is 12.5 Å². The first kappa shape index (κ1) is 16.3. The third-order valence-electron chi connectivity index (χ3n) is 2.63. The van der Waals surface area contributed by atoms with Crippen LogP contribution < -0.4 is 10.1 Å². The Bertz CT molecular complexity index is 492. The minimum Gasteiger partial charge on any atom is -0.495 e. The Morgan fingerprint density at radius 1 is 1.40 bits per heavy atom. The Hall–Kier alpha value is -1.79. The molecule has 1 unspecified atom stereocenters. The van der Waals surface area contributed by atoms with E-state index >= 15 is 0 Å². The highest BCUT2D eigenvalue weighted by molar-refractivity contribution is 6.32. The number of halogens is 1. The molecule has 0 spiro atoms. The third-order valence-corrected chi connectivity index (χ3v) is 2.94. The van der Waals surface area contributed by atoms with Gasteiger partial charge in [0.05, 0.1) is 12.1 Å². The molecule has 0 radical (unpaired) electrons. The van der Waals surface area contributed by atoms with Gasteiger partial charge in [0.25, 0.3) is 5.91 Å². The van der Waals surface area contributed by atoms with Crippen LogP contribution in [0.3, 0.4) is 0 Å². The number of methoxy groups -OCH3 is 2. The highest BCUT2D eigenvalue weighted by Crippen LogP contribution is 2.24. The van der Waals surface area contributed by atoms with Crippen LogP contribution in [0.15, 0.2) is 18.2 Å². The second-order valence-electron chi connectivity index (χ2n) is 4.00. The minimum atomic E-state index is -1.11. The van der Waals surface area contributed by atoms with Gasteiger partial charge in [-0.2, -0.15) is 0 Å². The van der Waals surface area contributed by atoms with E-state index in [1.54, 1.807) is 0 Å². The lowest BCUT2D eigenvalue weighted by Crippen LogP contribution is -2.41. The zero-order valence-corrected chi connectivity index (χ0v) is 11.9. The van der Waals surface area contributed by atoms with Gasteiger partial charge in [-0.1, -0.05) is 11.6 Å². The molecular formula is C13H16ClNO5. The van der Waals surface area contributed by atoms with Crippen molar-refractivity contribution in [1.82, 2.24) is 5.32 Å². The van der Waals surface area contributed by atoms with Crippen molar-refractivity contribution in [2.24, 2.45) is 0 Å². The van der Waals surface area contributed by atoms with Crippen molar-refractivity contribution in [2.75, 3.05) is 20.8 Å². The van der Waals surface area contributed by atoms with Gasteiger partial charge in [0.2, 0.25) is 0 Å². The lowest BCUT2D eigenvalue weighted by atomic mass is 10.1. The number of carbonyl (C=O) groups excluding carboxylic acids is 1. The molecule has 2 N–H and O–H groups in total. The van der Waals surface area contributed by atoms with Crippen molar-refractivity contribution < 1.29 is 24.2 Å². The molecular weight excluding hydrogens is 286 g/mol. The van der Waals surface area contributed by atoms with E-state index in [9.17, 15) is 9.59 Å². The number of hydrogen-bond donors (Lipinski definition) is 2. The number of benzene rings is 1. The first-order valence-electron chi connectivity index (χ1n) is 5.85. The minimum absolute atomic E-state index is 0.183. The molecule has 0 bridgehead atoms. The van der Waals surface area contributed by atoms with Crippen molar-refractivity contribution >= 4 is 23.5 Å². The highest BCUT2D eigenvalue weighted by Gasteiger charge is 2.20. The molecule has 1 aromatic carbocycles. The van der Waals surface area contributed by atoms with Gasteiger partial charge in [0, 0.05) is 25.7 Å². The number of hydrogen-bond acceptors (Lipinski definition) is 4. The number of rotatable bonds is 7. The lowest BCUT2D eigenvalue weighted by molar-refractivity contribution is -0.139. The number of carboxylic acid groups (broad SMARTS) is 1. The zero-order chi connectivity index (χ0) is 15.1. The molecule has 1 amide bonds. The molecule has 7 heteroatoms. The van der Waals surface area contributed by atoms with Crippen LogP contribution in [0.1, 0.15) is 16.8 Å². The molecule has 0 saturated carbocycles. The van der Waals surface area contributed by atoms with Crippen LogP contribution in [0.25, 0.3) is 0 Å². The summed E-state index contributed by atoms with van der Waals surface area (Å²) in [7, 11) is 2.90. The van der Waals surface area contributed by atoms with E-state index in [4.69, 9.17) is 26.2 Å². The average molecular weight is 302 g/mol. The fourth-order valence-corrected chi connectivity index (χ4v) is 1.73. The van der Waals surface area contributed by atoms with Crippen molar-refractivity contribution in [1.29, 1.82) is 0 Å². The Labute approximate surface area is 121 Å². The third kappa shape index (κ3) is 4.40. The second kappa shape index (κ2) is 7.72. The number of amides is 1. The van der Waals surface area contributed by atoms with Crippen molar-refractivity contribution in [3.8, 4) is 5.75 Å². The molecule has 0 heterocycles. The summed E-state index contributed by atoms with van der Waals surface area (Å²) in [4.78, 5) is 23.0. The monoisotopic (exact) mass is 301 g/mol. The summed E-state index contributed by atoms with van der Waals surface area (Å²) in [5.41, 5.74) is 0.273. The molecule has 0 aromatic heterocycles. The van der Waals surface area contributed by atoms with Crippen LogP contribution in [-0.2, 0) is 9.53 Å². The Morgan fingerprint density at radius 2 is 2.10 bits per heavy atom. The lowest BCUT2D eigenvalue weighted by Gasteiger charge is -2.14. The average Bonchev–Trinajstić information content (AvgIpc) is 2.43. The quantitative estimate of drug-likeness (QED) is 0.798. The van der Waals surface area contributed by atoms with Gasteiger partial charge in [-0.05, 0) is 18.2 Å². The summed E-state index contributed by atoms with van der Waals surface area (Å²) >= 11 is 5.86. The number of aliphatic carboxylic acids is 1. The summed E-state index contributed by atoms with van der Waals surface area (Å²) in [6.07, 6.45) is 0.183. The molecule has 20 heavy (non-hydrogen) atoms. The Kier molecular flexibility index (Phi) is 6.27. The zero-order valence-electron chi connectivity index (χ0n) is 11.2. The van der Waals surface area contributed by atoms with E-state index in [-0.39, 0.29) is 18.6 Å². The molecule has 1 aromatic rings. The normalized spacial score (nSPS) is 11.8. The highest BCUT2D eigenvalue weighted by atomic mass is 35.5. The van der Waals surface area contributed by atoms with Crippen LogP contribution in [0.2, 0.25) is 5.02 Å². The second-order valence-corrected chi connectivity index (χ2v) is 4.40. The molecule has 0 aliphatic heterocycles. The predicted octanol–water partition coefficient (Wildman–Crippen LogP) is 1.57. The van der Waals surface area contributed by atoms with Crippen LogP contribution in [0.5, 0.6) is 5.75 Å². The smallest absolute Gasteiger partial charge is 0.326 e. The molecule has 0 aliphatic carbocycles. The molecule has 0 fully saturated rings. The van der Waals surface area contributed by atoms with E-state index in [0.29, 0.717) is 10.8 Å². The summed E-state index contributed by atoms with van der Waals surface area (Å²) in [6, 6.07) is 3.45. The van der Waals surface area contributed by atoms with Crippen LogP contribution >= 0.6 is 11.6 Å². The number of carboxylic acids is 1. The van der Waals surface area contributed by atoms with Gasteiger partial charge in [0.1, 0.15) is 11.8 Å². The van der Waals surface area contributed by atoms with Gasteiger partial charge >= 0.3 is 5.97 Å². The molecule has 6 nitrogen and oxygen atoms in total. The van der Waals surface area contributed by atoms with Gasteiger partial charge in [-0.15, -0.1) is 0 Å². The van der Waals surface area contributed by atoms with Crippen molar-refractivity contribution in [3.05, 3.63) is 28.8 Å². The van der Waals surface area contributed by atoms with Crippen LogP contribution in [0.4, 0.5) is 0 Å². The Balaban J connectivity index is 2.80. The first-order chi connectivity index (χ1) is 9.49. The van der Waals surface area contributed by atoms with Gasteiger partial charge in [-0.3, -0.25) is 4.79 Å². The van der Waals surface area contributed by atoms with E-state index in [2.05, 4.69) is 5.32 Å². The number of ether oxygens (including phenoxy) is 2. The van der Waals surface area contributed by atoms with E-state index in [1.807, 2.05) is 0 Å². The van der Waals surface area contributed by atoms with E-state index in [0.717, 1.165) is 0 Å². The molecule has 1 atom stereocenters. The number of nitrogens with one attached hydrogen (secondary N) is 1. The maximum atomic E-state index is 12.0. The van der Waals surface area contributed by atoms with E-state index < -0.39 is 17.9 Å². The SMILES string of the molecule is COCCC(NC(=O)c1ccc(Cl)c(OC)c1)C(=O)O. The topological polar surface area (TPSA) is 84.9 Å². The fourth-order valence-electron chi connectivity index (χ4n) is 1.54. The summed E-state index contributed by atoms with van der Waals surface area (Å²) < 4.78 is 9.81. The first-order valence-corrected chi connectivity index (χ1v) is 6.23.